The monoisotopic (exact) mass is 566 g/mol. The van der Waals surface area contributed by atoms with Gasteiger partial charge in [0.25, 0.3) is 0 Å². The van der Waals surface area contributed by atoms with Crippen molar-refractivity contribution in [3.05, 3.63) is 96.3 Å². The minimum Gasteiger partial charge on any atom is -0.494 e. The molecule has 0 unspecified atom stereocenters. The summed E-state index contributed by atoms with van der Waals surface area (Å²) in [5.41, 5.74) is 5.61. The molecule has 10 heteroatoms. The van der Waals surface area contributed by atoms with E-state index >= 15 is 0 Å². The van der Waals surface area contributed by atoms with Crippen molar-refractivity contribution in [3.63, 3.8) is 0 Å². The maximum absolute atomic E-state index is 14.9. The Kier molecular flexibility index (Phi) is 8.81. The summed E-state index contributed by atoms with van der Waals surface area (Å²) in [7, 11) is 0. The van der Waals surface area contributed by atoms with Crippen LogP contribution in [-0.2, 0) is 11.3 Å². The molecule has 2 N–H and O–H groups in total. The summed E-state index contributed by atoms with van der Waals surface area (Å²) in [6, 6.07) is 17.6. The molecule has 1 amide bonds. The molecule has 3 aromatic heterocycles. The SMILES string of the molecule is CC(=O)c1ccc(OCCCC(=O)NCCn2cc(-c3cc(-c4c[nH]nc4-c4cccc(C)n4)ccc3F)cn2)cc1. The zero-order chi connectivity index (χ0) is 29.5. The van der Waals surface area contributed by atoms with Crippen molar-refractivity contribution in [2.45, 2.75) is 33.2 Å². The Labute approximate surface area is 242 Å². The number of hydrogen-bond acceptors (Lipinski definition) is 6. The minimum atomic E-state index is -0.359. The molecule has 0 aliphatic heterocycles. The molecule has 0 aliphatic carbocycles. The number of carbonyl (C=O) groups is 2. The predicted molar refractivity (Wildman–Crippen MR) is 157 cm³/mol. The summed E-state index contributed by atoms with van der Waals surface area (Å²) >= 11 is 0. The van der Waals surface area contributed by atoms with Crippen LogP contribution in [0.25, 0.3) is 33.6 Å². The van der Waals surface area contributed by atoms with Crippen LogP contribution in [0.3, 0.4) is 0 Å². The Hall–Kier alpha value is -5.12. The molecule has 0 atom stereocenters. The number of benzene rings is 2. The minimum absolute atomic E-state index is 0.00181. The van der Waals surface area contributed by atoms with Gasteiger partial charge in [-0.15, -0.1) is 0 Å². The number of halogens is 1. The highest BCUT2D eigenvalue weighted by Gasteiger charge is 2.15. The molecular formula is C32H31FN6O3. The molecule has 0 bridgehead atoms. The van der Waals surface area contributed by atoms with Gasteiger partial charge in [-0.1, -0.05) is 12.1 Å². The van der Waals surface area contributed by atoms with Crippen LogP contribution in [0.2, 0.25) is 0 Å². The number of H-pyrrole nitrogens is 1. The molecule has 3 heterocycles. The fourth-order valence-corrected chi connectivity index (χ4v) is 4.53. The van der Waals surface area contributed by atoms with Crippen molar-refractivity contribution in [1.82, 2.24) is 30.3 Å². The molecule has 0 aliphatic rings. The van der Waals surface area contributed by atoms with Crippen LogP contribution in [0.15, 0.2) is 79.3 Å². The number of ketones is 1. The maximum Gasteiger partial charge on any atom is 0.220 e. The lowest BCUT2D eigenvalue weighted by Crippen LogP contribution is -2.27. The van der Waals surface area contributed by atoms with E-state index in [0.29, 0.717) is 60.7 Å². The summed E-state index contributed by atoms with van der Waals surface area (Å²) < 4.78 is 22.2. The molecule has 5 aromatic rings. The smallest absolute Gasteiger partial charge is 0.220 e. The fourth-order valence-electron chi connectivity index (χ4n) is 4.53. The van der Waals surface area contributed by atoms with Gasteiger partial charge in [0.05, 0.1) is 25.0 Å². The zero-order valence-corrected chi connectivity index (χ0v) is 23.4. The first-order chi connectivity index (χ1) is 20.4. The van der Waals surface area contributed by atoms with Gasteiger partial charge in [0.2, 0.25) is 5.91 Å². The number of ether oxygens (including phenoxy) is 1. The number of nitrogens with zero attached hydrogens (tertiary/aromatic N) is 4. The molecular weight excluding hydrogens is 535 g/mol. The van der Waals surface area contributed by atoms with Gasteiger partial charge < -0.3 is 10.1 Å². The molecule has 0 radical (unpaired) electrons. The van der Waals surface area contributed by atoms with Crippen LogP contribution in [0.4, 0.5) is 4.39 Å². The van der Waals surface area contributed by atoms with E-state index in [1.54, 1.807) is 59.7 Å². The van der Waals surface area contributed by atoms with Gasteiger partial charge >= 0.3 is 0 Å². The quantitative estimate of drug-likeness (QED) is 0.150. The number of aromatic amines is 1. The third-order valence-corrected chi connectivity index (χ3v) is 6.73. The van der Waals surface area contributed by atoms with Gasteiger partial charge in [-0.25, -0.2) is 4.39 Å². The number of aryl methyl sites for hydroxylation is 1. The number of hydrogen-bond donors (Lipinski definition) is 2. The van der Waals surface area contributed by atoms with Gasteiger partial charge in [-0.05, 0) is 74.4 Å². The largest absolute Gasteiger partial charge is 0.494 e. The normalized spacial score (nSPS) is 10.9. The summed E-state index contributed by atoms with van der Waals surface area (Å²) in [5.74, 6) is 0.213. The van der Waals surface area contributed by atoms with Crippen molar-refractivity contribution in [3.8, 4) is 39.4 Å². The van der Waals surface area contributed by atoms with E-state index in [9.17, 15) is 14.0 Å². The van der Waals surface area contributed by atoms with Gasteiger partial charge in [0.15, 0.2) is 5.78 Å². The van der Waals surface area contributed by atoms with Crippen molar-refractivity contribution in [2.24, 2.45) is 0 Å². The Bertz CT molecular complexity index is 1690. The van der Waals surface area contributed by atoms with Crippen LogP contribution < -0.4 is 10.1 Å². The first-order valence-corrected chi connectivity index (χ1v) is 13.7. The lowest BCUT2D eigenvalue weighted by Gasteiger charge is -2.08. The highest BCUT2D eigenvalue weighted by atomic mass is 19.1. The number of pyridine rings is 1. The van der Waals surface area contributed by atoms with E-state index in [1.807, 2.05) is 25.1 Å². The highest BCUT2D eigenvalue weighted by molar-refractivity contribution is 5.94. The third-order valence-electron chi connectivity index (χ3n) is 6.73. The van der Waals surface area contributed by atoms with Crippen molar-refractivity contribution >= 4 is 11.7 Å². The number of rotatable bonds is 12. The molecule has 0 fully saturated rings. The summed E-state index contributed by atoms with van der Waals surface area (Å²) in [6.45, 7) is 4.66. The first kappa shape index (κ1) is 28.4. The Morgan fingerprint density at radius 1 is 1.05 bits per heavy atom. The van der Waals surface area contributed by atoms with Crippen LogP contribution >= 0.6 is 0 Å². The number of aromatic nitrogens is 5. The van der Waals surface area contributed by atoms with Gasteiger partial charge in [0, 0.05) is 53.3 Å². The van der Waals surface area contributed by atoms with E-state index < -0.39 is 0 Å². The molecule has 0 saturated heterocycles. The third kappa shape index (κ3) is 6.95. The van der Waals surface area contributed by atoms with Crippen LogP contribution in [0.5, 0.6) is 5.75 Å². The van der Waals surface area contributed by atoms with Crippen LogP contribution in [0, 0.1) is 12.7 Å². The average molecular weight is 567 g/mol. The molecule has 2 aromatic carbocycles. The summed E-state index contributed by atoms with van der Waals surface area (Å²) in [6.07, 6.45) is 6.03. The van der Waals surface area contributed by atoms with Crippen LogP contribution in [0.1, 0.15) is 35.8 Å². The predicted octanol–water partition coefficient (Wildman–Crippen LogP) is 5.63. The highest BCUT2D eigenvalue weighted by Crippen LogP contribution is 2.33. The average Bonchev–Trinajstić information content (AvgIpc) is 3.66. The fraction of sp³-hybridized carbons (Fsp3) is 0.219. The lowest BCUT2D eigenvalue weighted by atomic mass is 9.99. The van der Waals surface area contributed by atoms with Crippen molar-refractivity contribution in [1.29, 1.82) is 0 Å². The molecule has 42 heavy (non-hydrogen) atoms. The van der Waals surface area contributed by atoms with E-state index in [2.05, 4.69) is 25.6 Å². The zero-order valence-electron chi connectivity index (χ0n) is 23.4. The molecule has 9 nitrogen and oxygen atoms in total. The van der Waals surface area contributed by atoms with Crippen molar-refractivity contribution < 1.29 is 18.7 Å². The second kappa shape index (κ2) is 13.0. The topological polar surface area (TPSA) is 115 Å². The number of Topliss-reactive ketones (excluding diaryl/α,β-unsaturated/α-hetero) is 1. The molecule has 5 rings (SSSR count). The second-order valence-electron chi connectivity index (χ2n) is 9.88. The Balaban J connectivity index is 1.13. The van der Waals surface area contributed by atoms with E-state index in [4.69, 9.17) is 4.74 Å². The van der Waals surface area contributed by atoms with Crippen molar-refractivity contribution in [2.75, 3.05) is 13.2 Å². The standard InChI is InChI=1S/C32H31FN6O3/c1-21-5-3-6-30(37-21)32-28(19-35-38-32)24-10-13-29(33)27(17-24)25-18-36-39(20-25)15-14-34-31(41)7-4-16-42-26-11-8-23(9-12-26)22(2)40/h3,5-6,8-13,17-20H,4,7,14-16H2,1-2H3,(H,34,41)(H,35,38). The number of nitrogens with one attached hydrogen (secondary N) is 2. The molecule has 214 valence electrons. The van der Waals surface area contributed by atoms with E-state index in [1.165, 1.54) is 13.0 Å². The second-order valence-corrected chi connectivity index (χ2v) is 9.88. The summed E-state index contributed by atoms with van der Waals surface area (Å²) in [4.78, 5) is 28.2. The van der Waals surface area contributed by atoms with E-state index in [0.717, 1.165) is 22.5 Å². The van der Waals surface area contributed by atoms with E-state index in [-0.39, 0.29) is 17.5 Å². The van der Waals surface area contributed by atoms with Crippen LogP contribution in [-0.4, -0.2) is 49.8 Å². The van der Waals surface area contributed by atoms with Gasteiger partial charge in [-0.2, -0.15) is 10.2 Å². The lowest BCUT2D eigenvalue weighted by molar-refractivity contribution is -0.121. The first-order valence-electron chi connectivity index (χ1n) is 13.7. The number of amides is 1. The Morgan fingerprint density at radius 3 is 2.67 bits per heavy atom. The molecule has 0 spiro atoms. The number of carbonyl (C=O) groups excluding carboxylic acids is 2. The molecule has 0 saturated carbocycles. The summed E-state index contributed by atoms with van der Waals surface area (Å²) in [5, 5.41) is 14.5. The van der Waals surface area contributed by atoms with Gasteiger partial charge in [-0.3, -0.25) is 24.4 Å². The van der Waals surface area contributed by atoms with Gasteiger partial charge in [0.1, 0.15) is 17.3 Å². The maximum atomic E-state index is 14.9. The Morgan fingerprint density at radius 2 is 1.88 bits per heavy atom.